The van der Waals surface area contributed by atoms with E-state index >= 15 is 0 Å². The summed E-state index contributed by atoms with van der Waals surface area (Å²) in [6.07, 6.45) is 0. The van der Waals surface area contributed by atoms with Crippen molar-refractivity contribution in [1.82, 2.24) is 0 Å². The largest absolute Gasteiger partial charge is 0.175 e. The molecule has 0 fully saturated rings. The van der Waals surface area contributed by atoms with Crippen LogP contribution in [0.25, 0.3) is 0 Å². The Bertz CT molecular complexity index is 22.8. The minimum Gasteiger partial charge on any atom is -0.175 e. The first-order valence-electron chi connectivity index (χ1n) is 2.05. The van der Waals surface area contributed by atoms with E-state index in [1.165, 1.54) is 11.1 Å². The molecule has 0 N–H and O–H groups in total. The van der Waals surface area contributed by atoms with Crippen molar-refractivity contribution in [2.45, 2.75) is 6.92 Å². The third-order valence-corrected chi connectivity index (χ3v) is 3.99. The highest BCUT2D eigenvalue weighted by molar-refractivity contribution is 8.00. The lowest BCUT2D eigenvalue weighted by Crippen LogP contribution is -1.81. The van der Waals surface area contributed by atoms with Crippen LogP contribution in [-0.2, 0) is 0 Å². The van der Waals surface area contributed by atoms with E-state index in [2.05, 4.69) is 6.92 Å². The summed E-state index contributed by atoms with van der Waals surface area (Å²) in [5, 5.41) is 1.23. The summed E-state index contributed by atoms with van der Waals surface area (Å²) in [5.41, 5.74) is 0. The Kier molecular flexibility index (Phi) is 6.69. The molecule has 0 bridgehead atoms. The van der Waals surface area contributed by atoms with Gasteiger partial charge in [-0.15, -0.1) is 0 Å². The molecule has 0 aromatic rings. The van der Waals surface area contributed by atoms with Crippen LogP contribution in [0.4, 0.5) is 0 Å². The van der Waals surface area contributed by atoms with Crippen LogP contribution in [0.15, 0.2) is 0 Å². The summed E-state index contributed by atoms with van der Waals surface area (Å²) in [7, 11) is -0.162. The van der Waals surface area contributed by atoms with Crippen LogP contribution >= 0.6 is 22.8 Å². The molecule has 0 aliphatic rings. The van der Waals surface area contributed by atoms with Crippen molar-refractivity contribution in [2.24, 2.45) is 0 Å². The van der Waals surface area contributed by atoms with Crippen molar-refractivity contribution >= 4 is 31.7 Å². The molecule has 0 aromatic carbocycles. The van der Waals surface area contributed by atoms with Gasteiger partial charge in [0.2, 0.25) is 0 Å². The van der Waals surface area contributed by atoms with Gasteiger partial charge in [-0.1, -0.05) is 6.92 Å². The summed E-state index contributed by atoms with van der Waals surface area (Å²) in [6, 6.07) is 0. The van der Waals surface area contributed by atoms with Crippen LogP contribution in [0, 0.1) is 0 Å². The van der Waals surface area contributed by atoms with Gasteiger partial charge in [0.15, 0.2) is 0 Å². The zero-order valence-corrected chi connectivity index (χ0v) is 6.89. The maximum Gasteiger partial charge on any atom is 0.135 e. The van der Waals surface area contributed by atoms with Gasteiger partial charge in [0.05, 0.1) is 0 Å². The van der Waals surface area contributed by atoms with E-state index in [4.69, 9.17) is 11.1 Å². The second-order valence-corrected chi connectivity index (χ2v) is 5.02. The lowest BCUT2D eigenvalue weighted by atomic mass is 11.0. The molecule has 0 radical (unpaired) electrons. The standard InChI is InChI=1S/C3H9ClSSi/c1-2-5-3-6-4/h2-3,6H2,1H3. The summed E-state index contributed by atoms with van der Waals surface area (Å²) >= 11 is 7.44. The average Bonchev–Trinajstić information content (AvgIpc) is 1.61. The summed E-state index contributed by atoms with van der Waals surface area (Å²) in [4.78, 5) is 0. The Morgan fingerprint density at radius 1 is 1.83 bits per heavy atom. The molecule has 0 nitrogen and oxygen atoms in total. The Morgan fingerprint density at radius 3 is 2.67 bits per heavy atom. The first-order valence-corrected chi connectivity index (χ1v) is 6.34. The number of halogens is 1. The topological polar surface area (TPSA) is 0 Å². The van der Waals surface area contributed by atoms with Gasteiger partial charge in [-0.2, -0.15) is 22.8 Å². The lowest BCUT2D eigenvalue weighted by molar-refractivity contribution is 1.53. The maximum absolute atomic E-state index is 5.50. The summed E-state index contributed by atoms with van der Waals surface area (Å²) in [5.74, 6) is 1.22. The van der Waals surface area contributed by atoms with Crippen molar-refractivity contribution in [3.63, 3.8) is 0 Å². The Labute approximate surface area is 50.2 Å². The fourth-order valence-electron chi connectivity index (χ4n) is 0.199. The number of thioether (sulfide) groups is 1. The molecule has 0 saturated carbocycles. The fraction of sp³-hybridized carbons (Fsp3) is 1.00. The van der Waals surface area contributed by atoms with Crippen LogP contribution in [-0.4, -0.2) is 20.0 Å². The van der Waals surface area contributed by atoms with E-state index < -0.39 is 0 Å². The molecule has 0 aliphatic carbocycles. The van der Waals surface area contributed by atoms with Crippen LogP contribution < -0.4 is 0 Å². The number of rotatable bonds is 3. The van der Waals surface area contributed by atoms with E-state index in [9.17, 15) is 0 Å². The maximum atomic E-state index is 5.50. The average molecular weight is 141 g/mol. The van der Waals surface area contributed by atoms with E-state index in [0.29, 0.717) is 0 Å². The van der Waals surface area contributed by atoms with Crippen molar-refractivity contribution in [3.05, 3.63) is 0 Å². The van der Waals surface area contributed by atoms with E-state index in [1.807, 2.05) is 11.8 Å². The van der Waals surface area contributed by atoms with E-state index in [0.717, 1.165) is 0 Å². The molecule has 0 spiro atoms. The van der Waals surface area contributed by atoms with E-state index in [1.54, 1.807) is 0 Å². The van der Waals surface area contributed by atoms with Gasteiger partial charge in [-0.3, -0.25) is 0 Å². The van der Waals surface area contributed by atoms with E-state index in [-0.39, 0.29) is 8.83 Å². The molecular weight excluding hydrogens is 132 g/mol. The van der Waals surface area contributed by atoms with Gasteiger partial charge in [-0.05, 0) is 11.1 Å². The molecule has 38 valence electrons. The lowest BCUT2D eigenvalue weighted by Gasteiger charge is -1.84. The first-order chi connectivity index (χ1) is 2.91. The van der Waals surface area contributed by atoms with Gasteiger partial charge in [0, 0.05) is 0 Å². The monoisotopic (exact) mass is 140 g/mol. The van der Waals surface area contributed by atoms with Gasteiger partial charge in [-0.25, -0.2) is 0 Å². The van der Waals surface area contributed by atoms with Crippen molar-refractivity contribution in [3.8, 4) is 0 Å². The zero-order chi connectivity index (χ0) is 4.83. The predicted molar refractivity (Wildman–Crippen MR) is 37.4 cm³/mol. The molecule has 0 amide bonds. The highest BCUT2D eigenvalue weighted by Crippen LogP contribution is 1.95. The number of hydrogen-bond donors (Lipinski definition) is 0. The third-order valence-electron chi connectivity index (χ3n) is 0.426. The third kappa shape index (κ3) is 4.86. The minimum absolute atomic E-state index is 0.162. The second-order valence-electron chi connectivity index (χ2n) is 0.886. The molecule has 0 aliphatic heterocycles. The van der Waals surface area contributed by atoms with Gasteiger partial charge in [0.25, 0.3) is 0 Å². The number of hydrogen-bond acceptors (Lipinski definition) is 1. The summed E-state index contributed by atoms with van der Waals surface area (Å²) in [6.45, 7) is 2.16. The second kappa shape index (κ2) is 5.86. The van der Waals surface area contributed by atoms with Gasteiger partial charge in [0.1, 0.15) is 8.83 Å². The highest BCUT2D eigenvalue weighted by Gasteiger charge is 1.78. The fourth-order valence-corrected chi connectivity index (χ4v) is 2.77. The highest BCUT2D eigenvalue weighted by atomic mass is 35.6. The Balaban J connectivity index is 2.34. The molecule has 6 heavy (non-hydrogen) atoms. The van der Waals surface area contributed by atoms with Crippen LogP contribution in [0.1, 0.15) is 6.92 Å². The minimum atomic E-state index is -0.162. The van der Waals surface area contributed by atoms with Crippen LogP contribution in [0.5, 0.6) is 0 Å². The predicted octanol–water partition coefficient (Wildman–Crippen LogP) is 1.02. The van der Waals surface area contributed by atoms with Crippen molar-refractivity contribution < 1.29 is 0 Å². The molecule has 0 rings (SSSR count). The van der Waals surface area contributed by atoms with Gasteiger partial charge < -0.3 is 0 Å². The Morgan fingerprint density at radius 2 is 2.50 bits per heavy atom. The molecule has 0 heterocycles. The van der Waals surface area contributed by atoms with Crippen LogP contribution in [0.2, 0.25) is 0 Å². The quantitative estimate of drug-likeness (QED) is 0.321. The molecule has 0 unspecified atom stereocenters. The Hall–Kier alpha value is 0.857. The smallest absolute Gasteiger partial charge is 0.135 e. The molecule has 0 atom stereocenters. The van der Waals surface area contributed by atoms with Crippen molar-refractivity contribution in [1.29, 1.82) is 0 Å². The van der Waals surface area contributed by atoms with Crippen molar-refractivity contribution in [2.75, 3.05) is 11.1 Å². The zero-order valence-electron chi connectivity index (χ0n) is 3.91. The molecule has 0 aromatic heterocycles. The molecular formula is C3H9ClSSi. The first kappa shape index (κ1) is 6.86. The molecule has 0 saturated heterocycles. The van der Waals surface area contributed by atoms with Gasteiger partial charge >= 0.3 is 0 Å². The SMILES string of the molecule is CCSC[SiH2]Cl. The van der Waals surface area contributed by atoms with Crippen LogP contribution in [0.3, 0.4) is 0 Å². The molecule has 3 heteroatoms. The summed E-state index contributed by atoms with van der Waals surface area (Å²) < 4.78 is 0. The normalized spacial score (nSPS) is 11.0.